The predicted octanol–water partition coefficient (Wildman–Crippen LogP) is -0.0342. The summed E-state index contributed by atoms with van der Waals surface area (Å²) < 4.78 is 0. The molecule has 0 amide bonds. The number of rotatable bonds is 3. The number of nitrogens with two attached hydrogens (primary N) is 1. The molecular weight excluding hydrogens is 193 g/mol. The minimum absolute atomic E-state index is 0. The smallest absolute Gasteiger partial charge is 0.320 e. The number of phenolic OH excluding ortho intramolecular Hbond substituents is 1. The van der Waals surface area contributed by atoms with Crippen molar-refractivity contribution >= 4 is 35.5 Å². The second-order valence-corrected chi connectivity index (χ2v) is 2.82. The van der Waals surface area contributed by atoms with Gasteiger partial charge < -0.3 is 15.9 Å². The van der Waals surface area contributed by atoms with E-state index in [1.165, 1.54) is 12.1 Å². The molecule has 71 valence electrons. The van der Waals surface area contributed by atoms with Crippen molar-refractivity contribution < 1.29 is 15.0 Å². The third-order valence-corrected chi connectivity index (χ3v) is 1.71. The second-order valence-electron chi connectivity index (χ2n) is 2.82. The monoisotopic (exact) mass is 204 g/mol. The van der Waals surface area contributed by atoms with Crippen LogP contribution in [-0.4, -0.2) is 51.8 Å². The average molecular weight is 204 g/mol. The Morgan fingerprint density at radius 3 is 2.29 bits per heavy atom. The zero-order valence-corrected chi connectivity index (χ0v) is 9.97. The summed E-state index contributed by atoms with van der Waals surface area (Å²) in [6.45, 7) is 0. The van der Waals surface area contributed by atoms with Gasteiger partial charge >= 0.3 is 5.97 Å². The summed E-state index contributed by atoms with van der Waals surface area (Å²) in [7, 11) is 0. The Morgan fingerprint density at radius 2 is 1.86 bits per heavy atom. The van der Waals surface area contributed by atoms with Crippen molar-refractivity contribution in [2.24, 2.45) is 5.73 Å². The van der Waals surface area contributed by atoms with Gasteiger partial charge in [0.05, 0.1) is 0 Å². The average Bonchev–Trinajstić information content (AvgIpc) is 2.08. The molecule has 0 unspecified atom stereocenters. The Bertz CT molecular complexity index is 299. The van der Waals surface area contributed by atoms with Crippen LogP contribution in [0.25, 0.3) is 0 Å². The molecule has 0 spiro atoms. The topological polar surface area (TPSA) is 83.5 Å². The van der Waals surface area contributed by atoms with E-state index < -0.39 is 12.0 Å². The van der Waals surface area contributed by atoms with Gasteiger partial charge in [0, 0.05) is 29.6 Å². The fourth-order valence-electron chi connectivity index (χ4n) is 0.973. The molecule has 4 nitrogen and oxygen atoms in total. The van der Waals surface area contributed by atoms with E-state index in [0.717, 1.165) is 5.56 Å². The van der Waals surface area contributed by atoms with E-state index >= 15 is 0 Å². The Balaban J connectivity index is 0.00000169. The van der Waals surface area contributed by atoms with Crippen molar-refractivity contribution in [1.82, 2.24) is 0 Å². The number of hydrogen-bond donors (Lipinski definition) is 3. The molecule has 5 heteroatoms. The molecule has 0 saturated heterocycles. The van der Waals surface area contributed by atoms with Crippen LogP contribution in [-0.2, 0) is 11.2 Å². The van der Waals surface area contributed by atoms with Crippen LogP contribution in [0.2, 0.25) is 0 Å². The summed E-state index contributed by atoms with van der Waals surface area (Å²) in [5.41, 5.74) is 6.12. The molecule has 0 aliphatic heterocycles. The molecular formula is C9H11NNaO3. The number of aromatic hydroxyl groups is 1. The maximum atomic E-state index is 10.4. The predicted molar refractivity (Wildman–Crippen MR) is 53.2 cm³/mol. The van der Waals surface area contributed by atoms with Crippen molar-refractivity contribution in [3.63, 3.8) is 0 Å². The molecule has 1 aromatic carbocycles. The van der Waals surface area contributed by atoms with Gasteiger partial charge in [-0.15, -0.1) is 0 Å². The molecule has 1 rings (SSSR count). The Hall–Kier alpha value is -0.550. The standard InChI is InChI=1S/C9H11NO3.Na/c10-8(9(12)13)5-6-1-3-7(11)4-2-6;/h1-4,8,11H,5,10H2,(H,12,13);/t8-;/m0./s1. The van der Waals surface area contributed by atoms with Crippen LogP contribution in [0.15, 0.2) is 24.3 Å². The maximum absolute atomic E-state index is 10.4. The first-order valence-electron chi connectivity index (χ1n) is 3.86. The normalized spacial score (nSPS) is 11.5. The Kier molecular flexibility index (Phi) is 5.79. The first-order chi connectivity index (χ1) is 6.09. The first-order valence-corrected chi connectivity index (χ1v) is 3.86. The van der Waals surface area contributed by atoms with E-state index in [1.807, 2.05) is 0 Å². The molecule has 1 atom stereocenters. The molecule has 14 heavy (non-hydrogen) atoms. The minimum atomic E-state index is -1.02. The van der Waals surface area contributed by atoms with Gasteiger partial charge in [0.1, 0.15) is 11.8 Å². The number of benzene rings is 1. The van der Waals surface area contributed by atoms with Crippen molar-refractivity contribution in [1.29, 1.82) is 0 Å². The summed E-state index contributed by atoms with van der Waals surface area (Å²) in [6.07, 6.45) is 0.273. The Labute approximate surface area is 104 Å². The van der Waals surface area contributed by atoms with Crippen LogP contribution in [0.5, 0.6) is 5.75 Å². The van der Waals surface area contributed by atoms with Crippen molar-refractivity contribution in [3.05, 3.63) is 29.8 Å². The summed E-state index contributed by atoms with van der Waals surface area (Å²) >= 11 is 0. The number of aliphatic carboxylic acids is 1. The largest absolute Gasteiger partial charge is 0.508 e. The first kappa shape index (κ1) is 13.4. The molecule has 0 aliphatic rings. The zero-order chi connectivity index (χ0) is 9.84. The van der Waals surface area contributed by atoms with E-state index in [2.05, 4.69) is 0 Å². The fourth-order valence-corrected chi connectivity index (χ4v) is 0.973. The van der Waals surface area contributed by atoms with Gasteiger partial charge in [-0.2, -0.15) is 0 Å². The van der Waals surface area contributed by atoms with Crippen LogP contribution in [0.1, 0.15) is 5.56 Å². The van der Waals surface area contributed by atoms with Gasteiger partial charge in [0.2, 0.25) is 0 Å². The van der Waals surface area contributed by atoms with Crippen molar-refractivity contribution in [2.75, 3.05) is 0 Å². The quantitative estimate of drug-likeness (QED) is 0.603. The number of carboxylic acid groups (broad SMARTS) is 1. The van der Waals surface area contributed by atoms with Gasteiger partial charge in [-0.1, -0.05) is 12.1 Å². The number of carbonyl (C=O) groups is 1. The molecule has 0 saturated carbocycles. The zero-order valence-electron chi connectivity index (χ0n) is 7.97. The molecule has 1 radical (unpaired) electrons. The fraction of sp³-hybridized carbons (Fsp3) is 0.222. The van der Waals surface area contributed by atoms with Crippen LogP contribution in [0.4, 0.5) is 0 Å². The van der Waals surface area contributed by atoms with Crippen LogP contribution < -0.4 is 5.73 Å². The van der Waals surface area contributed by atoms with Crippen LogP contribution >= 0.6 is 0 Å². The van der Waals surface area contributed by atoms with Crippen LogP contribution in [0.3, 0.4) is 0 Å². The summed E-state index contributed by atoms with van der Waals surface area (Å²) in [5.74, 6) is -0.860. The Morgan fingerprint density at radius 1 is 1.36 bits per heavy atom. The summed E-state index contributed by atoms with van der Waals surface area (Å²) in [4.78, 5) is 10.4. The van der Waals surface area contributed by atoms with E-state index in [4.69, 9.17) is 15.9 Å². The molecule has 1 aromatic rings. The second kappa shape index (κ2) is 6.03. The maximum Gasteiger partial charge on any atom is 0.320 e. The van der Waals surface area contributed by atoms with Gasteiger partial charge in [0.15, 0.2) is 0 Å². The van der Waals surface area contributed by atoms with E-state index in [0.29, 0.717) is 0 Å². The van der Waals surface area contributed by atoms with Gasteiger partial charge in [-0.05, 0) is 24.1 Å². The molecule has 0 heterocycles. The van der Waals surface area contributed by atoms with Gasteiger partial charge in [-0.25, -0.2) is 0 Å². The van der Waals surface area contributed by atoms with E-state index in [1.54, 1.807) is 12.1 Å². The number of phenols is 1. The summed E-state index contributed by atoms with van der Waals surface area (Å²) in [5, 5.41) is 17.5. The number of carboxylic acids is 1. The molecule has 0 bridgehead atoms. The minimum Gasteiger partial charge on any atom is -0.508 e. The molecule has 0 aromatic heterocycles. The van der Waals surface area contributed by atoms with Gasteiger partial charge in [-0.3, -0.25) is 4.79 Å². The van der Waals surface area contributed by atoms with Crippen LogP contribution in [0, 0.1) is 0 Å². The third-order valence-electron chi connectivity index (χ3n) is 1.71. The molecule has 4 N–H and O–H groups in total. The van der Waals surface area contributed by atoms with E-state index in [-0.39, 0.29) is 41.7 Å². The third kappa shape index (κ3) is 4.11. The van der Waals surface area contributed by atoms with E-state index in [9.17, 15) is 4.79 Å². The molecule has 0 fully saturated rings. The SMILES string of the molecule is N[C@@H](Cc1ccc(O)cc1)C(=O)O.[Na]. The van der Waals surface area contributed by atoms with Crippen molar-refractivity contribution in [3.8, 4) is 5.75 Å². The number of hydrogen-bond acceptors (Lipinski definition) is 3. The van der Waals surface area contributed by atoms with Crippen molar-refractivity contribution in [2.45, 2.75) is 12.5 Å². The summed E-state index contributed by atoms with van der Waals surface area (Å²) in [6, 6.07) is 5.42. The molecule has 0 aliphatic carbocycles. The van der Waals surface area contributed by atoms with Gasteiger partial charge in [0.25, 0.3) is 0 Å².